The number of rotatable bonds is 6. The number of aliphatic carboxylic acids is 1. The number of anilines is 1. The van der Waals surface area contributed by atoms with E-state index >= 15 is 0 Å². The standard InChI is InChI=1S/C22H24FN3O5S/c1-31-20-4-2-3-17(15-20)9-10-22(24,21(27)28)16-32(29,30)26-13-11-25(12-14-26)19-7-5-18(23)6-8-19/h2-8,15H,11-14,16,24H2,1H3,(H,27,28). The third kappa shape index (κ3) is 5.56. The number of sulfonamides is 1. The average Bonchev–Trinajstić information content (AvgIpc) is 2.78. The molecule has 1 fully saturated rings. The lowest BCUT2D eigenvalue weighted by Gasteiger charge is -2.36. The maximum atomic E-state index is 13.1. The third-order valence-corrected chi connectivity index (χ3v) is 7.09. The summed E-state index contributed by atoms with van der Waals surface area (Å²) in [6.07, 6.45) is 0. The van der Waals surface area contributed by atoms with E-state index in [4.69, 9.17) is 10.5 Å². The molecule has 1 atom stereocenters. The molecule has 1 aliphatic heterocycles. The zero-order chi connectivity index (χ0) is 23.4. The summed E-state index contributed by atoms with van der Waals surface area (Å²) < 4.78 is 45.3. The zero-order valence-electron chi connectivity index (χ0n) is 17.5. The van der Waals surface area contributed by atoms with Crippen molar-refractivity contribution < 1.29 is 27.4 Å². The summed E-state index contributed by atoms with van der Waals surface area (Å²) in [6.45, 7) is 1.06. The van der Waals surface area contributed by atoms with Crippen LogP contribution in [-0.2, 0) is 14.8 Å². The fraction of sp³-hybridized carbons (Fsp3) is 0.318. The fourth-order valence-corrected chi connectivity index (χ4v) is 4.96. The molecule has 3 N–H and O–H groups in total. The smallest absolute Gasteiger partial charge is 0.337 e. The second kappa shape index (κ2) is 9.56. The number of carbonyl (C=O) groups is 1. The van der Waals surface area contributed by atoms with Gasteiger partial charge in [0, 0.05) is 37.4 Å². The van der Waals surface area contributed by atoms with E-state index in [-0.39, 0.29) is 18.9 Å². The Labute approximate surface area is 186 Å². The molecule has 0 radical (unpaired) electrons. The van der Waals surface area contributed by atoms with Crippen molar-refractivity contribution in [3.05, 3.63) is 59.9 Å². The van der Waals surface area contributed by atoms with Crippen LogP contribution < -0.4 is 15.4 Å². The number of carboxylic acids is 1. The van der Waals surface area contributed by atoms with Crippen LogP contribution in [0.1, 0.15) is 5.56 Å². The summed E-state index contributed by atoms with van der Waals surface area (Å²) in [5.41, 5.74) is 4.88. The minimum Gasteiger partial charge on any atom is -0.497 e. The maximum Gasteiger partial charge on any atom is 0.337 e. The predicted octanol–water partition coefficient (Wildman–Crippen LogP) is 1.12. The molecule has 2 aromatic rings. The van der Waals surface area contributed by atoms with Crippen molar-refractivity contribution in [2.24, 2.45) is 5.73 Å². The summed E-state index contributed by atoms with van der Waals surface area (Å²) in [5, 5.41) is 9.61. The molecule has 170 valence electrons. The summed E-state index contributed by atoms with van der Waals surface area (Å²) in [4.78, 5) is 13.7. The van der Waals surface area contributed by atoms with Gasteiger partial charge in [-0.05, 0) is 42.5 Å². The van der Waals surface area contributed by atoms with Gasteiger partial charge in [-0.15, -0.1) is 0 Å². The van der Waals surface area contributed by atoms with Crippen LogP contribution in [0, 0.1) is 17.7 Å². The SMILES string of the molecule is COc1cccc(C#CC(N)(CS(=O)(=O)N2CCN(c3ccc(F)cc3)CC2)C(=O)O)c1. The van der Waals surface area contributed by atoms with Crippen LogP contribution in [0.25, 0.3) is 0 Å². The first-order chi connectivity index (χ1) is 15.1. The molecule has 0 spiro atoms. The lowest BCUT2D eigenvalue weighted by molar-refractivity contribution is -0.140. The van der Waals surface area contributed by atoms with Crippen molar-refractivity contribution >= 4 is 21.7 Å². The van der Waals surface area contributed by atoms with E-state index in [0.29, 0.717) is 24.4 Å². The molecule has 2 aromatic carbocycles. The van der Waals surface area contributed by atoms with E-state index in [1.54, 1.807) is 36.4 Å². The fourth-order valence-electron chi connectivity index (χ4n) is 3.29. The number of hydrogen-bond donors (Lipinski definition) is 2. The van der Waals surface area contributed by atoms with E-state index in [1.807, 2.05) is 4.90 Å². The van der Waals surface area contributed by atoms with Crippen LogP contribution in [0.4, 0.5) is 10.1 Å². The highest BCUT2D eigenvalue weighted by atomic mass is 32.2. The topological polar surface area (TPSA) is 113 Å². The Morgan fingerprint density at radius 2 is 1.84 bits per heavy atom. The number of carboxylic acid groups (broad SMARTS) is 1. The van der Waals surface area contributed by atoms with Gasteiger partial charge >= 0.3 is 5.97 Å². The van der Waals surface area contributed by atoms with Crippen molar-refractivity contribution in [3.8, 4) is 17.6 Å². The van der Waals surface area contributed by atoms with Crippen molar-refractivity contribution in [1.82, 2.24) is 4.31 Å². The molecule has 1 aliphatic rings. The molecule has 8 nitrogen and oxygen atoms in total. The van der Waals surface area contributed by atoms with E-state index < -0.39 is 27.3 Å². The van der Waals surface area contributed by atoms with Crippen LogP contribution in [0.5, 0.6) is 5.75 Å². The van der Waals surface area contributed by atoms with Crippen LogP contribution in [-0.4, -0.2) is 68.4 Å². The van der Waals surface area contributed by atoms with Crippen molar-refractivity contribution in [3.63, 3.8) is 0 Å². The van der Waals surface area contributed by atoms with Gasteiger partial charge in [-0.1, -0.05) is 17.9 Å². The summed E-state index contributed by atoms with van der Waals surface area (Å²) in [6, 6.07) is 12.6. The summed E-state index contributed by atoms with van der Waals surface area (Å²) in [5.74, 6) is 2.86. The second-order valence-electron chi connectivity index (χ2n) is 7.38. The van der Waals surface area contributed by atoms with E-state index in [2.05, 4.69) is 11.8 Å². The minimum absolute atomic E-state index is 0.152. The van der Waals surface area contributed by atoms with Gasteiger partial charge < -0.3 is 20.5 Å². The number of benzene rings is 2. The number of halogens is 1. The van der Waals surface area contributed by atoms with E-state index in [1.165, 1.54) is 23.5 Å². The molecule has 0 aliphatic carbocycles. The van der Waals surface area contributed by atoms with Gasteiger partial charge in [0.1, 0.15) is 17.3 Å². The van der Waals surface area contributed by atoms with Gasteiger partial charge in [0.25, 0.3) is 0 Å². The van der Waals surface area contributed by atoms with Gasteiger partial charge in [-0.25, -0.2) is 17.6 Å². The van der Waals surface area contributed by atoms with E-state index in [9.17, 15) is 22.7 Å². The van der Waals surface area contributed by atoms with Gasteiger partial charge in [0.05, 0.1) is 7.11 Å². The number of piperazine rings is 1. The quantitative estimate of drug-likeness (QED) is 0.620. The van der Waals surface area contributed by atoms with Crippen LogP contribution >= 0.6 is 0 Å². The minimum atomic E-state index is -4.00. The Kier molecular flexibility index (Phi) is 7.03. The highest BCUT2D eigenvalue weighted by Gasteiger charge is 2.40. The van der Waals surface area contributed by atoms with Crippen molar-refractivity contribution in [2.75, 3.05) is 43.9 Å². The molecular formula is C22H24FN3O5S. The van der Waals surface area contributed by atoms with Gasteiger partial charge in [0.2, 0.25) is 10.0 Å². The molecule has 10 heteroatoms. The Hall–Kier alpha value is -3.13. The molecule has 0 amide bonds. The second-order valence-corrected chi connectivity index (χ2v) is 9.35. The van der Waals surface area contributed by atoms with Crippen LogP contribution in [0.3, 0.4) is 0 Å². The summed E-state index contributed by atoms with van der Waals surface area (Å²) in [7, 11) is -2.52. The highest BCUT2D eigenvalue weighted by Crippen LogP contribution is 2.20. The monoisotopic (exact) mass is 461 g/mol. The number of methoxy groups -OCH3 is 1. The number of ether oxygens (including phenoxy) is 1. The normalized spacial score (nSPS) is 16.5. The first-order valence-corrected chi connectivity index (χ1v) is 11.4. The molecular weight excluding hydrogens is 437 g/mol. The van der Waals surface area contributed by atoms with Gasteiger partial charge in [-0.2, -0.15) is 4.31 Å². The molecule has 32 heavy (non-hydrogen) atoms. The molecule has 1 unspecified atom stereocenters. The van der Waals surface area contributed by atoms with Crippen LogP contribution in [0.2, 0.25) is 0 Å². The first kappa shape index (κ1) is 23.5. The van der Waals surface area contributed by atoms with Crippen molar-refractivity contribution in [1.29, 1.82) is 0 Å². The summed E-state index contributed by atoms with van der Waals surface area (Å²) >= 11 is 0. The highest BCUT2D eigenvalue weighted by molar-refractivity contribution is 7.89. The average molecular weight is 462 g/mol. The van der Waals surface area contributed by atoms with E-state index in [0.717, 1.165) is 5.69 Å². The van der Waals surface area contributed by atoms with Crippen LogP contribution in [0.15, 0.2) is 48.5 Å². The molecule has 0 bridgehead atoms. The number of nitrogens with two attached hydrogens (primary N) is 1. The molecule has 1 heterocycles. The Bertz CT molecular complexity index is 1140. The third-order valence-electron chi connectivity index (χ3n) is 5.12. The Balaban J connectivity index is 1.72. The number of nitrogens with zero attached hydrogens (tertiary/aromatic N) is 2. The lowest BCUT2D eigenvalue weighted by Crippen LogP contribution is -2.57. The molecule has 1 saturated heterocycles. The zero-order valence-corrected chi connectivity index (χ0v) is 18.3. The molecule has 0 saturated carbocycles. The Morgan fingerprint density at radius 3 is 2.44 bits per heavy atom. The molecule has 0 aromatic heterocycles. The predicted molar refractivity (Wildman–Crippen MR) is 118 cm³/mol. The molecule has 3 rings (SSSR count). The lowest BCUT2D eigenvalue weighted by atomic mass is 10.0. The Morgan fingerprint density at radius 1 is 1.19 bits per heavy atom. The maximum absolute atomic E-state index is 13.1. The van der Waals surface area contributed by atoms with Gasteiger partial charge in [0.15, 0.2) is 5.54 Å². The van der Waals surface area contributed by atoms with Gasteiger partial charge in [-0.3, -0.25) is 0 Å². The number of hydrogen-bond acceptors (Lipinski definition) is 6. The first-order valence-electron chi connectivity index (χ1n) is 9.81. The largest absolute Gasteiger partial charge is 0.497 e. The van der Waals surface area contributed by atoms with Crippen molar-refractivity contribution in [2.45, 2.75) is 5.54 Å².